The van der Waals surface area contributed by atoms with Gasteiger partial charge in [-0.2, -0.15) is 0 Å². The molecular formula is C18H26ClF2N3O2. The number of halogens is 3. The average Bonchev–Trinajstić information content (AvgIpc) is 2.58. The number of likely N-dealkylation sites (tertiary alicyclic amines) is 1. The molecule has 0 saturated carbocycles. The number of nitrogens with one attached hydrogen (secondary N) is 2. The summed E-state index contributed by atoms with van der Waals surface area (Å²) in [5.41, 5.74) is -0.660. The first kappa shape index (κ1) is 22.3. The lowest BCUT2D eigenvalue weighted by Crippen LogP contribution is -2.55. The maximum absolute atomic E-state index is 13.8. The Morgan fingerprint density at radius 3 is 2.38 bits per heavy atom. The van der Waals surface area contributed by atoms with E-state index in [1.807, 2.05) is 7.05 Å². The van der Waals surface area contributed by atoms with Crippen molar-refractivity contribution in [2.45, 2.75) is 38.8 Å². The van der Waals surface area contributed by atoms with Crippen LogP contribution in [0, 0.1) is 17.6 Å². The summed E-state index contributed by atoms with van der Waals surface area (Å²) < 4.78 is 27.6. The SMILES string of the molecule is CNC1CCCN(C(=O)[C@@H](NC(=O)c2c(F)cccc2F)C(C)C)C1.Cl. The van der Waals surface area contributed by atoms with Crippen LogP contribution in [0.15, 0.2) is 18.2 Å². The molecule has 1 heterocycles. The number of rotatable bonds is 5. The van der Waals surface area contributed by atoms with Gasteiger partial charge in [0.25, 0.3) is 5.91 Å². The number of benzene rings is 1. The van der Waals surface area contributed by atoms with Gasteiger partial charge < -0.3 is 15.5 Å². The Balaban J connectivity index is 0.00000338. The van der Waals surface area contributed by atoms with Crippen molar-refractivity contribution in [3.05, 3.63) is 35.4 Å². The molecular weight excluding hydrogens is 364 g/mol. The molecule has 1 aliphatic heterocycles. The smallest absolute Gasteiger partial charge is 0.257 e. The maximum atomic E-state index is 13.8. The summed E-state index contributed by atoms with van der Waals surface area (Å²) in [5.74, 6) is -3.23. The fraction of sp³-hybridized carbons (Fsp3) is 0.556. The zero-order valence-electron chi connectivity index (χ0n) is 15.2. The number of nitrogens with zero attached hydrogens (tertiary/aromatic N) is 1. The number of piperidine rings is 1. The van der Waals surface area contributed by atoms with Crippen molar-refractivity contribution in [2.75, 3.05) is 20.1 Å². The van der Waals surface area contributed by atoms with Crippen molar-refractivity contribution in [1.29, 1.82) is 0 Å². The predicted octanol–water partition coefficient (Wildman–Crippen LogP) is 2.35. The largest absolute Gasteiger partial charge is 0.340 e. The lowest BCUT2D eigenvalue weighted by atomic mass is 9.99. The molecule has 5 nitrogen and oxygen atoms in total. The molecule has 0 aliphatic carbocycles. The van der Waals surface area contributed by atoms with Crippen LogP contribution in [0.5, 0.6) is 0 Å². The van der Waals surface area contributed by atoms with Gasteiger partial charge in [-0.3, -0.25) is 9.59 Å². The van der Waals surface area contributed by atoms with E-state index in [0.717, 1.165) is 25.0 Å². The van der Waals surface area contributed by atoms with Gasteiger partial charge in [0.15, 0.2) is 0 Å². The molecule has 1 aromatic rings. The van der Waals surface area contributed by atoms with Crippen LogP contribution in [0.1, 0.15) is 37.0 Å². The molecule has 0 bridgehead atoms. The Hall–Kier alpha value is -1.73. The van der Waals surface area contributed by atoms with E-state index in [9.17, 15) is 18.4 Å². The zero-order chi connectivity index (χ0) is 18.6. The van der Waals surface area contributed by atoms with E-state index >= 15 is 0 Å². The molecule has 8 heteroatoms. The minimum atomic E-state index is -0.944. The Kier molecular flexibility index (Phi) is 8.43. The predicted molar refractivity (Wildman–Crippen MR) is 98.4 cm³/mol. The first-order valence-electron chi connectivity index (χ1n) is 8.56. The maximum Gasteiger partial charge on any atom is 0.257 e. The van der Waals surface area contributed by atoms with Crippen LogP contribution >= 0.6 is 12.4 Å². The lowest BCUT2D eigenvalue weighted by molar-refractivity contribution is -0.135. The van der Waals surface area contributed by atoms with Crippen LogP contribution < -0.4 is 10.6 Å². The van der Waals surface area contributed by atoms with Crippen molar-refractivity contribution in [3.8, 4) is 0 Å². The standard InChI is InChI=1S/C18H25F2N3O2.ClH/c1-11(2)16(18(25)23-9-5-6-12(10-23)21-3)22-17(24)15-13(19)7-4-8-14(15)20;/h4,7-8,11-12,16,21H,5-6,9-10H2,1-3H3,(H,22,24);1H/t12?,16-;/m0./s1. The number of hydrogen-bond acceptors (Lipinski definition) is 3. The molecule has 2 atom stereocenters. The molecule has 1 fully saturated rings. The first-order valence-corrected chi connectivity index (χ1v) is 8.56. The average molecular weight is 390 g/mol. The fourth-order valence-electron chi connectivity index (χ4n) is 3.05. The van der Waals surface area contributed by atoms with Crippen molar-refractivity contribution >= 4 is 24.2 Å². The molecule has 0 radical (unpaired) electrons. The quantitative estimate of drug-likeness (QED) is 0.812. The Morgan fingerprint density at radius 1 is 1.23 bits per heavy atom. The minimum absolute atomic E-state index is 0. The molecule has 2 N–H and O–H groups in total. The van der Waals surface area contributed by atoms with E-state index in [0.29, 0.717) is 13.1 Å². The molecule has 1 unspecified atom stereocenters. The van der Waals surface area contributed by atoms with E-state index < -0.39 is 29.1 Å². The van der Waals surface area contributed by atoms with Gasteiger partial charge in [-0.05, 0) is 37.9 Å². The van der Waals surface area contributed by atoms with Crippen molar-refractivity contribution < 1.29 is 18.4 Å². The van der Waals surface area contributed by atoms with Crippen molar-refractivity contribution in [2.24, 2.45) is 5.92 Å². The van der Waals surface area contributed by atoms with Gasteiger partial charge in [0.2, 0.25) is 5.91 Å². The number of carbonyl (C=O) groups is 2. The molecule has 0 aromatic heterocycles. The number of hydrogen-bond donors (Lipinski definition) is 2. The number of carbonyl (C=O) groups excluding carboxylic acids is 2. The van der Waals surface area contributed by atoms with Crippen LogP contribution in [-0.2, 0) is 4.79 Å². The Bertz CT molecular complexity index is 623. The second-order valence-corrected chi connectivity index (χ2v) is 6.70. The highest BCUT2D eigenvalue weighted by atomic mass is 35.5. The third-order valence-corrected chi connectivity index (χ3v) is 4.55. The topological polar surface area (TPSA) is 61.4 Å². The number of likely N-dealkylation sites (N-methyl/N-ethyl adjacent to an activating group) is 1. The second-order valence-electron chi connectivity index (χ2n) is 6.70. The van der Waals surface area contributed by atoms with E-state index in [1.54, 1.807) is 18.7 Å². The lowest BCUT2D eigenvalue weighted by Gasteiger charge is -2.36. The summed E-state index contributed by atoms with van der Waals surface area (Å²) in [6.45, 7) is 4.76. The summed E-state index contributed by atoms with van der Waals surface area (Å²) >= 11 is 0. The highest BCUT2D eigenvalue weighted by Gasteiger charge is 2.32. The molecule has 26 heavy (non-hydrogen) atoms. The van der Waals surface area contributed by atoms with Crippen LogP contribution in [0.3, 0.4) is 0 Å². The molecule has 1 aliphatic rings. The Morgan fingerprint density at radius 2 is 1.85 bits per heavy atom. The first-order chi connectivity index (χ1) is 11.8. The highest BCUT2D eigenvalue weighted by Crippen LogP contribution is 2.16. The monoisotopic (exact) mass is 389 g/mol. The van der Waals surface area contributed by atoms with Gasteiger partial charge in [0, 0.05) is 19.1 Å². The summed E-state index contributed by atoms with van der Waals surface area (Å²) in [7, 11) is 1.85. The summed E-state index contributed by atoms with van der Waals surface area (Å²) in [6.07, 6.45) is 1.86. The molecule has 1 aromatic carbocycles. The van der Waals surface area contributed by atoms with Gasteiger partial charge >= 0.3 is 0 Å². The van der Waals surface area contributed by atoms with Gasteiger partial charge in [-0.15, -0.1) is 12.4 Å². The fourth-order valence-corrected chi connectivity index (χ4v) is 3.05. The molecule has 146 valence electrons. The second kappa shape index (κ2) is 9.83. The van der Waals surface area contributed by atoms with Crippen LogP contribution in [-0.4, -0.2) is 48.9 Å². The van der Waals surface area contributed by atoms with E-state index in [-0.39, 0.29) is 30.3 Å². The normalized spacial score (nSPS) is 18.2. The van der Waals surface area contributed by atoms with Crippen LogP contribution in [0.2, 0.25) is 0 Å². The molecule has 2 amide bonds. The van der Waals surface area contributed by atoms with E-state index in [1.165, 1.54) is 6.07 Å². The summed E-state index contributed by atoms with van der Waals surface area (Å²) in [5, 5.41) is 5.67. The third kappa shape index (κ3) is 5.14. The summed E-state index contributed by atoms with van der Waals surface area (Å²) in [4.78, 5) is 26.9. The van der Waals surface area contributed by atoms with E-state index in [4.69, 9.17) is 0 Å². The molecule has 0 spiro atoms. The molecule has 2 rings (SSSR count). The highest BCUT2D eigenvalue weighted by molar-refractivity contribution is 5.98. The minimum Gasteiger partial charge on any atom is -0.340 e. The van der Waals surface area contributed by atoms with E-state index in [2.05, 4.69) is 10.6 Å². The van der Waals surface area contributed by atoms with Crippen LogP contribution in [0.4, 0.5) is 8.78 Å². The molecule has 1 saturated heterocycles. The van der Waals surface area contributed by atoms with Crippen molar-refractivity contribution in [1.82, 2.24) is 15.5 Å². The van der Waals surface area contributed by atoms with Crippen molar-refractivity contribution in [3.63, 3.8) is 0 Å². The van der Waals surface area contributed by atoms with Gasteiger partial charge in [-0.1, -0.05) is 19.9 Å². The third-order valence-electron chi connectivity index (χ3n) is 4.55. The van der Waals surface area contributed by atoms with Crippen LogP contribution in [0.25, 0.3) is 0 Å². The number of amides is 2. The summed E-state index contributed by atoms with van der Waals surface area (Å²) in [6, 6.07) is 2.61. The Labute approximate surface area is 158 Å². The van der Waals surface area contributed by atoms with Gasteiger partial charge in [0.1, 0.15) is 23.2 Å². The van der Waals surface area contributed by atoms with Gasteiger partial charge in [-0.25, -0.2) is 8.78 Å². The zero-order valence-corrected chi connectivity index (χ0v) is 16.0. The van der Waals surface area contributed by atoms with Gasteiger partial charge in [0.05, 0.1) is 0 Å².